The third-order valence-electron chi connectivity index (χ3n) is 5.29. The van der Waals surface area contributed by atoms with Gasteiger partial charge >= 0.3 is 0 Å². The fourth-order valence-electron chi connectivity index (χ4n) is 4.52. The quantitative estimate of drug-likeness (QED) is 0.780. The Hall–Kier alpha value is 0.270. The number of hydrogen-bond acceptors (Lipinski definition) is 3. The maximum Gasteiger partial charge on any atom is 0.0585 e. The van der Waals surface area contributed by atoms with E-state index in [1.165, 1.54) is 38.5 Å². The molecule has 0 spiro atoms. The van der Waals surface area contributed by atoms with Gasteiger partial charge in [0.2, 0.25) is 0 Å². The van der Waals surface area contributed by atoms with E-state index in [9.17, 15) is 0 Å². The third-order valence-corrected chi connectivity index (χ3v) is 7.08. The van der Waals surface area contributed by atoms with Gasteiger partial charge in [0.25, 0.3) is 0 Å². The summed E-state index contributed by atoms with van der Waals surface area (Å²) in [7, 11) is 0. The first kappa shape index (κ1) is 14.2. The summed E-state index contributed by atoms with van der Waals surface area (Å²) in [4.78, 5) is 0. The SMILES string of the molecule is CCOC1CCC2C(C1)SC1CC(OCC)CCC12. The Labute approximate surface area is 122 Å². The van der Waals surface area contributed by atoms with E-state index in [1.807, 2.05) is 0 Å². The van der Waals surface area contributed by atoms with E-state index in [4.69, 9.17) is 9.47 Å². The zero-order valence-electron chi connectivity index (χ0n) is 12.3. The highest BCUT2D eigenvalue weighted by atomic mass is 32.2. The van der Waals surface area contributed by atoms with Gasteiger partial charge in [-0.2, -0.15) is 11.8 Å². The molecule has 0 N–H and O–H groups in total. The van der Waals surface area contributed by atoms with Gasteiger partial charge in [-0.1, -0.05) is 0 Å². The molecule has 2 aliphatic carbocycles. The van der Waals surface area contributed by atoms with Gasteiger partial charge in [-0.25, -0.2) is 0 Å². The minimum atomic E-state index is 0.543. The fraction of sp³-hybridized carbons (Fsp3) is 1.00. The Morgan fingerprint density at radius 3 is 1.68 bits per heavy atom. The van der Waals surface area contributed by atoms with Crippen molar-refractivity contribution in [1.29, 1.82) is 0 Å². The summed E-state index contributed by atoms with van der Waals surface area (Å²) in [5.41, 5.74) is 0. The van der Waals surface area contributed by atoms with Gasteiger partial charge in [0.15, 0.2) is 0 Å². The molecule has 6 atom stereocenters. The first-order chi connectivity index (χ1) is 9.31. The molecule has 0 aromatic heterocycles. The normalized spacial score (nSPS) is 45.8. The first-order valence-corrected chi connectivity index (χ1v) is 9.14. The van der Waals surface area contributed by atoms with Crippen LogP contribution < -0.4 is 0 Å². The molecular formula is C16H28O2S. The lowest BCUT2D eigenvalue weighted by Crippen LogP contribution is -2.35. The van der Waals surface area contributed by atoms with Crippen molar-refractivity contribution in [3.05, 3.63) is 0 Å². The molecule has 3 rings (SSSR count). The number of rotatable bonds is 4. The minimum Gasteiger partial charge on any atom is -0.378 e. The lowest BCUT2D eigenvalue weighted by atomic mass is 9.72. The van der Waals surface area contributed by atoms with Gasteiger partial charge in [0, 0.05) is 23.7 Å². The molecule has 0 amide bonds. The topological polar surface area (TPSA) is 18.5 Å². The molecule has 0 bridgehead atoms. The summed E-state index contributed by atoms with van der Waals surface area (Å²) < 4.78 is 11.7. The lowest BCUT2D eigenvalue weighted by Gasteiger charge is -2.36. The number of fused-ring (bicyclic) bond motifs is 3. The third kappa shape index (κ3) is 2.98. The average Bonchev–Trinajstić information content (AvgIpc) is 2.76. The van der Waals surface area contributed by atoms with E-state index >= 15 is 0 Å². The van der Waals surface area contributed by atoms with E-state index in [0.29, 0.717) is 12.2 Å². The highest BCUT2D eigenvalue weighted by Gasteiger charge is 2.48. The number of ether oxygens (including phenoxy) is 2. The molecule has 2 nitrogen and oxygen atoms in total. The summed E-state index contributed by atoms with van der Waals surface area (Å²) in [6.45, 7) is 6.01. The second-order valence-electron chi connectivity index (χ2n) is 6.32. The van der Waals surface area contributed by atoms with Gasteiger partial charge in [0.05, 0.1) is 12.2 Å². The summed E-state index contributed by atoms with van der Waals surface area (Å²) in [6.07, 6.45) is 9.10. The molecule has 6 unspecified atom stereocenters. The standard InChI is InChI=1S/C16H28O2S/c1-3-17-11-5-7-13-14-8-6-12(18-4-2)10-16(14)19-15(13)9-11/h11-16H,3-10H2,1-2H3. The van der Waals surface area contributed by atoms with Crippen LogP contribution in [0.1, 0.15) is 52.4 Å². The van der Waals surface area contributed by atoms with Gasteiger partial charge in [-0.3, -0.25) is 0 Å². The lowest BCUT2D eigenvalue weighted by molar-refractivity contribution is 0.00567. The Morgan fingerprint density at radius 2 is 1.26 bits per heavy atom. The van der Waals surface area contributed by atoms with Crippen LogP contribution in [0.4, 0.5) is 0 Å². The second kappa shape index (κ2) is 6.36. The molecule has 0 radical (unpaired) electrons. The van der Waals surface area contributed by atoms with Crippen molar-refractivity contribution >= 4 is 11.8 Å². The van der Waals surface area contributed by atoms with Crippen molar-refractivity contribution in [1.82, 2.24) is 0 Å². The summed E-state index contributed by atoms with van der Waals surface area (Å²) in [6, 6.07) is 0. The Balaban J connectivity index is 1.58. The molecule has 0 aromatic carbocycles. The monoisotopic (exact) mass is 284 g/mol. The zero-order valence-corrected chi connectivity index (χ0v) is 13.2. The molecule has 3 aliphatic rings. The van der Waals surface area contributed by atoms with Crippen molar-refractivity contribution in [2.75, 3.05) is 13.2 Å². The molecule has 1 aliphatic heterocycles. The van der Waals surface area contributed by atoms with Crippen LogP contribution in [0.25, 0.3) is 0 Å². The molecule has 3 fully saturated rings. The van der Waals surface area contributed by atoms with Crippen LogP contribution in [0.5, 0.6) is 0 Å². The van der Waals surface area contributed by atoms with Crippen LogP contribution in [0.3, 0.4) is 0 Å². The summed E-state index contributed by atoms with van der Waals surface area (Å²) in [5.74, 6) is 1.96. The molecule has 19 heavy (non-hydrogen) atoms. The van der Waals surface area contributed by atoms with E-state index in [2.05, 4.69) is 25.6 Å². The first-order valence-electron chi connectivity index (χ1n) is 8.20. The molecule has 2 saturated carbocycles. The molecule has 3 heteroatoms. The molecule has 110 valence electrons. The maximum absolute atomic E-state index is 5.87. The molecule has 1 saturated heterocycles. The highest BCUT2D eigenvalue weighted by molar-refractivity contribution is 8.00. The predicted molar refractivity (Wildman–Crippen MR) is 80.7 cm³/mol. The van der Waals surface area contributed by atoms with E-state index < -0.39 is 0 Å². The second-order valence-corrected chi connectivity index (χ2v) is 7.80. The fourth-order valence-corrected chi connectivity index (χ4v) is 6.70. The van der Waals surface area contributed by atoms with Crippen LogP contribution in [-0.4, -0.2) is 35.9 Å². The van der Waals surface area contributed by atoms with E-state index in [-0.39, 0.29) is 0 Å². The van der Waals surface area contributed by atoms with Crippen molar-refractivity contribution < 1.29 is 9.47 Å². The molecule has 1 heterocycles. The zero-order chi connectivity index (χ0) is 13.2. The summed E-state index contributed by atoms with van der Waals surface area (Å²) >= 11 is 2.28. The van der Waals surface area contributed by atoms with E-state index in [0.717, 1.165) is 35.5 Å². The van der Waals surface area contributed by atoms with Gasteiger partial charge < -0.3 is 9.47 Å². The van der Waals surface area contributed by atoms with Gasteiger partial charge in [-0.15, -0.1) is 0 Å². The number of thioether (sulfide) groups is 1. The van der Waals surface area contributed by atoms with Crippen molar-refractivity contribution in [3.8, 4) is 0 Å². The van der Waals surface area contributed by atoms with Crippen molar-refractivity contribution in [2.24, 2.45) is 11.8 Å². The van der Waals surface area contributed by atoms with Gasteiger partial charge in [-0.05, 0) is 64.2 Å². The molecular weight excluding hydrogens is 256 g/mol. The van der Waals surface area contributed by atoms with Crippen molar-refractivity contribution in [3.63, 3.8) is 0 Å². The summed E-state index contributed by atoms with van der Waals surface area (Å²) in [5, 5.41) is 1.75. The van der Waals surface area contributed by atoms with Crippen LogP contribution in [-0.2, 0) is 9.47 Å². The van der Waals surface area contributed by atoms with Crippen LogP contribution >= 0.6 is 11.8 Å². The molecule has 0 aromatic rings. The predicted octanol–water partition coefficient (Wildman–Crippen LogP) is 3.88. The maximum atomic E-state index is 5.87. The Bertz CT molecular complexity index is 268. The number of hydrogen-bond donors (Lipinski definition) is 0. The van der Waals surface area contributed by atoms with Crippen LogP contribution in [0.15, 0.2) is 0 Å². The van der Waals surface area contributed by atoms with Gasteiger partial charge in [0.1, 0.15) is 0 Å². The van der Waals surface area contributed by atoms with E-state index in [1.54, 1.807) is 0 Å². The highest BCUT2D eigenvalue weighted by Crippen LogP contribution is 2.55. The Kier molecular flexibility index (Phi) is 4.76. The largest absolute Gasteiger partial charge is 0.378 e. The van der Waals surface area contributed by atoms with Crippen LogP contribution in [0, 0.1) is 11.8 Å². The Morgan fingerprint density at radius 1 is 0.789 bits per heavy atom. The van der Waals surface area contributed by atoms with Crippen LogP contribution in [0.2, 0.25) is 0 Å². The van der Waals surface area contributed by atoms with Crippen molar-refractivity contribution in [2.45, 2.75) is 75.1 Å². The smallest absolute Gasteiger partial charge is 0.0585 e. The average molecular weight is 284 g/mol. The minimum absolute atomic E-state index is 0.543.